The normalized spacial score (nSPS) is 14.2. The molecule has 0 saturated carbocycles. The highest BCUT2D eigenvalue weighted by atomic mass is 31.2. The zero-order valence-electron chi connectivity index (χ0n) is 46.5. The SMILES string of the molecule is CC/C=C\C/C=C\C/C=C\C/C=C\CCC(=O)OC(CO)COP(=O)(O)OCC(COC(=O)CCCCCCCCC/C=C\C/C=C\CCCCC)OC(=O)CCCCCCCCC/C=C\C/C=C\C/C=C\CC. The lowest BCUT2D eigenvalue weighted by molar-refractivity contribution is -0.161. The van der Waals surface area contributed by atoms with Gasteiger partial charge in [-0.15, -0.1) is 0 Å². The Labute approximate surface area is 450 Å². The molecule has 0 spiro atoms. The largest absolute Gasteiger partial charge is 0.472 e. The van der Waals surface area contributed by atoms with E-state index in [1.807, 2.05) is 12.2 Å². The van der Waals surface area contributed by atoms with Crippen LogP contribution >= 0.6 is 7.82 Å². The minimum Gasteiger partial charge on any atom is -0.462 e. The van der Waals surface area contributed by atoms with E-state index in [0.29, 0.717) is 19.3 Å². The van der Waals surface area contributed by atoms with Crippen molar-refractivity contribution in [1.29, 1.82) is 0 Å². The number of phosphoric ester groups is 1. The van der Waals surface area contributed by atoms with Crippen molar-refractivity contribution in [2.45, 2.75) is 238 Å². The number of hydrogen-bond donors (Lipinski definition) is 2. The minimum atomic E-state index is -4.78. The second-order valence-electron chi connectivity index (χ2n) is 18.7. The highest BCUT2D eigenvalue weighted by molar-refractivity contribution is 7.47. The zero-order chi connectivity index (χ0) is 54.1. The molecule has 0 rings (SSSR count). The number of rotatable bonds is 52. The van der Waals surface area contributed by atoms with Crippen LogP contribution in [0, 0.1) is 0 Å². The summed E-state index contributed by atoms with van der Waals surface area (Å²) < 4.78 is 39.4. The number of ether oxygens (including phenoxy) is 3. The molecular formula is C62H103O11P. The Morgan fingerprint density at radius 2 is 0.730 bits per heavy atom. The predicted molar refractivity (Wildman–Crippen MR) is 307 cm³/mol. The van der Waals surface area contributed by atoms with Crippen molar-refractivity contribution in [2.75, 3.05) is 26.4 Å². The quantitative estimate of drug-likeness (QED) is 0.0197. The van der Waals surface area contributed by atoms with Gasteiger partial charge in [-0.2, -0.15) is 0 Å². The fourth-order valence-electron chi connectivity index (χ4n) is 7.35. The summed E-state index contributed by atoms with van der Waals surface area (Å²) in [6.07, 6.45) is 66.3. The Kier molecular flexibility index (Phi) is 52.5. The highest BCUT2D eigenvalue weighted by Crippen LogP contribution is 2.43. The molecule has 422 valence electrons. The van der Waals surface area contributed by atoms with Gasteiger partial charge in [-0.25, -0.2) is 4.57 Å². The molecule has 74 heavy (non-hydrogen) atoms. The molecule has 0 amide bonds. The molecule has 11 nitrogen and oxygen atoms in total. The number of esters is 3. The van der Waals surface area contributed by atoms with E-state index >= 15 is 0 Å². The van der Waals surface area contributed by atoms with Crippen LogP contribution < -0.4 is 0 Å². The van der Waals surface area contributed by atoms with E-state index in [-0.39, 0.29) is 25.9 Å². The van der Waals surface area contributed by atoms with Gasteiger partial charge in [0, 0.05) is 19.3 Å². The van der Waals surface area contributed by atoms with Gasteiger partial charge in [-0.05, 0) is 109 Å². The molecule has 0 saturated heterocycles. The first-order valence-electron chi connectivity index (χ1n) is 28.8. The summed E-state index contributed by atoms with van der Waals surface area (Å²) in [5.74, 6) is -1.58. The van der Waals surface area contributed by atoms with Crippen molar-refractivity contribution in [2.24, 2.45) is 0 Å². The van der Waals surface area contributed by atoms with Crippen LogP contribution in [0.4, 0.5) is 0 Å². The molecule has 0 aromatic heterocycles. The van der Waals surface area contributed by atoms with Crippen LogP contribution in [0.1, 0.15) is 226 Å². The monoisotopic (exact) mass is 1050 g/mol. The summed E-state index contributed by atoms with van der Waals surface area (Å²) in [7, 11) is -4.78. The third kappa shape index (κ3) is 53.0. The average Bonchev–Trinajstić information content (AvgIpc) is 3.39. The van der Waals surface area contributed by atoms with E-state index in [1.165, 1.54) is 38.5 Å². The Morgan fingerprint density at radius 1 is 0.392 bits per heavy atom. The molecule has 0 aromatic carbocycles. The number of phosphoric acid groups is 1. The lowest BCUT2D eigenvalue weighted by atomic mass is 10.1. The minimum absolute atomic E-state index is 0.0503. The molecule has 2 N–H and O–H groups in total. The number of carbonyl (C=O) groups excluding carboxylic acids is 3. The van der Waals surface area contributed by atoms with Gasteiger partial charge in [0.25, 0.3) is 0 Å². The van der Waals surface area contributed by atoms with Crippen molar-refractivity contribution < 1.29 is 52.2 Å². The first kappa shape index (κ1) is 70.1. The average molecular weight is 1060 g/mol. The van der Waals surface area contributed by atoms with Crippen molar-refractivity contribution in [3.63, 3.8) is 0 Å². The molecular weight excluding hydrogens is 952 g/mol. The molecule has 0 aliphatic heterocycles. The molecule has 0 radical (unpaired) electrons. The summed E-state index contributed by atoms with van der Waals surface area (Å²) in [6, 6.07) is 0. The van der Waals surface area contributed by atoms with Crippen LogP contribution in [0.25, 0.3) is 0 Å². The molecule has 0 aromatic rings. The van der Waals surface area contributed by atoms with Crippen LogP contribution in [0.5, 0.6) is 0 Å². The second-order valence-corrected chi connectivity index (χ2v) is 20.1. The standard InChI is InChI=1S/C62H103O11P/c1-4-7-10-13-16-19-22-25-27-29-31-34-36-39-42-45-48-51-60(64)69-55-59(73-62(66)53-50-47-44-41-38-35-32-30-28-26-23-20-17-14-11-8-5-2)57-71-74(67,68)70-56-58(54-63)72-61(65)52-49-46-43-40-37-33-24-21-18-15-12-9-6-3/h8-9,11-12,16-21,25-28,33,37,43,46,58-59,63H,4-7,10,13-15,22-24,29-32,34-36,38-42,44-45,47-57H2,1-3H3,(H,67,68)/b11-8-,12-9-,19-16-,20-17-,21-18-,27-25-,28-26-,37-33-,46-43-. The maximum Gasteiger partial charge on any atom is 0.472 e. The number of unbranched alkanes of at least 4 members (excludes halogenated alkanes) is 17. The number of aliphatic hydroxyl groups is 1. The van der Waals surface area contributed by atoms with Crippen LogP contribution in [0.2, 0.25) is 0 Å². The summed E-state index contributed by atoms with van der Waals surface area (Å²) in [5, 5.41) is 9.79. The summed E-state index contributed by atoms with van der Waals surface area (Å²) in [4.78, 5) is 48.5. The van der Waals surface area contributed by atoms with Crippen LogP contribution in [-0.2, 0) is 42.2 Å². The molecule has 0 aliphatic carbocycles. The van der Waals surface area contributed by atoms with E-state index in [4.69, 9.17) is 23.3 Å². The van der Waals surface area contributed by atoms with Crippen LogP contribution in [0.15, 0.2) is 109 Å². The predicted octanol–water partition coefficient (Wildman–Crippen LogP) is 17.0. The summed E-state index contributed by atoms with van der Waals surface area (Å²) >= 11 is 0. The van der Waals surface area contributed by atoms with Crippen LogP contribution in [0.3, 0.4) is 0 Å². The highest BCUT2D eigenvalue weighted by Gasteiger charge is 2.28. The third-order valence-corrected chi connectivity index (χ3v) is 12.6. The lowest BCUT2D eigenvalue weighted by Gasteiger charge is -2.21. The van der Waals surface area contributed by atoms with Gasteiger partial charge in [0.2, 0.25) is 0 Å². The van der Waals surface area contributed by atoms with Gasteiger partial charge in [0.05, 0.1) is 19.8 Å². The van der Waals surface area contributed by atoms with E-state index < -0.39 is 57.8 Å². The van der Waals surface area contributed by atoms with Gasteiger partial charge in [-0.3, -0.25) is 23.4 Å². The zero-order valence-corrected chi connectivity index (χ0v) is 47.4. The molecule has 0 heterocycles. The Balaban J connectivity index is 4.82. The Morgan fingerprint density at radius 3 is 1.16 bits per heavy atom. The second kappa shape index (κ2) is 55.4. The molecule has 12 heteroatoms. The number of aliphatic hydroxyl groups excluding tert-OH is 1. The number of hydrogen-bond acceptors (Lipinski definition) is 10. The fourth-order valence-corrected chi connectivity index (χ4v) is 8.14. The first-order chi connectivity index (χ1) is 36.2. The molecule has 0 fully saturated rings. The first-order valence-corrected chi connectivity index (χ1v) is 30.3. The van der Waals surface area contributed by atoms with E-state index in [2.05, 4.69) is 118 Å². The third-order valence-electron chi connectivity index (χ3n) is 11.7. The van der Waals surface area contributed by atoms with Crippen LogP contribution in [-0.4, -0.2) is 66.5 Å². The van der Waals surface area contributed by atoms with E-state index in [0.717, 1.165) is 128 Å². The summed E-state index contributed by atoms with van der Waals surface area (Å²) in [5.41, 5.74) is 0. The lowest BCUT2D eigenvalue weighted by Crippen LogP contribution is -2.30. The van der Waals surface area contributed by atoms with E-state index in [1.54, 1.807) is 0 Å². The van der Waals surface area contributed by atoms with Gasteiger partial charge in [0.1, 0.15) is 12.7 Å². The van der Waals surface area contributed by atoms with Crippen molar-refractivity contribution in [3.8, 4) is 0 Å². The smallest absolute Gasteiger partial charge is 0.462 e. The number of allylic oxidation sites excluding steroid dienone is 18. The Bertz CT molecular complexity index is 1660. The number of carbonyl (C=O) groups is 3. The molecule has 0 bridgehead atoms. The van der Waals surface area contributed by atoms with Crippen molar-refractivity contribution in [3.05, 3.63) is 109 Å². The van der Waals surface area contributed by atoms with Gasteiger partial charge in [-0.1, -0.05) is 207 Å². The molecule has 3 atom stereocenters. The van der Waals surface area contributed by atoms with Gasteiger partial charge >= 0.3 is 25.7 Å². The molecule has 3 unspecified atom stereocenters. The fraction of sp³-hybridized carbons (Fsp3) is 0.661. The van der Waals surface area contributed by atoms with Crippen molar-refractivity contribution in [1.82, 2.24) is 0 Å². The van der Waals surface area contributed by atoms with Gasteiger partial charge < -0.3 is 24.2 Å². The van der Waals surface area contributed by atoms with Gasteiger partial charge in [0.15, 0.2) is 6.10 Å². The van der Waals surface area contributed by atoms with Crippen molar-refractivity contribution >= 4 is 25.7 Å². The van der Waals surface area contributed by atoms with E-state index in [9.17, 15) is 28.9 Å². The Hall–Kier alpha value is -3.86. The maximum atomic E-state index is 12.9. The molecule has 0 aliphatic rings. The summed E-state index contributed by atoms with van der Waals surface area (Å²) in [6.45, 7) is 4.28. The topological polar surface area (TPSA) is 155 Å². The maximum absolute atomic E-state index is 12.9.